The number of carbonyl (C=O) groups excluding carboxylic acids is 1. The van der Waals surface area contributed by atoms with Crippen molar-refractivity contribution in [1.82, 2.24) is 10.6 Å². The monoisotopic (exact) mass is 288 g/mol. The Morgan fingerprint density at radius 3 is 2.62 bits per heavy atom. The van der Waals surface area contributed by atoms with Gasteiger partial charge < -0.3 is 10.6 Å². The van der Waals surface area contributed by atoms with Crippen molar-refractivity contribution in [2.75, 3.05) is 20.1 Å². The summed E-state index contributed by atoms with van der Waals surface area (Å²) in [4.78, 5) is 12.9. The SMILES string of the molecule is CNCCCNC(=O)C1(c2cccc(C)c2)CCCCC1. The van der Waals surface area contributed by atoms with E-state index < -0.39 is 0 Å². The molecule has 0 aromatic heterocycles. The zero-order valence-corrected chi connectivity index (χ0v) is 13.4. The number of hydrogen-bond donors (Lipinski definition) is 2. The van der Waals surface area contributed by atoms with Crippen LogP contribution in [0.2, 0.25) is 0 Å². The lowest BCUT2D eigenvalue weighted by Gasteiger charge is -2.36. The molecule has 1 aliphatic rings. The Labute approximate surface area is 128 Å². The smallest absolute Gasteiger partial charge is 0.230 e. The molecule has 3 nitrogen and oxygen atoms in total. The van der Waals surface area contributed by atoms with Crippen molar-refractivity contribution < 1.29 is 4.79 Å². The average Bonchev–Trinajstić information content (AvgIpc) is 2.52. The van der Waals surface area contributed by atoms with Crippen LogP contribution in [0.3, 0.4) is 0 Å². The summed E-state index contributed by atoms with van der Waals surface area (Å²) < 4.78 is 0. The zero-order valence-electron chi connectivity index (χ0n) is 13.4. The lowest BCUT2D eigenvalue weighted by Crippen LogP contribution is -2.46. The highest BCUT2D eigenvalue weighted by Gasteiger charge is 2.40. The van der Waals surface area contributed by atoms with E-state index in [1.54, 1.807) is 0 Å². The van der Waals surface area contributed by atoms with E-state index in [2.05, 4.69) is 41.8 Å². The molecule has 0 heterocycles. The van der Waals surface area contributed by atoms with Crippen molar-refractivity contribution in [3.8, 4) is 0 Å². The Morgan fingerprint density at radius 1 is 1.19 bits per heavy atom. The molecule has 1 saturated carbocycles. The van der Waals surface area contributed by atoms with Crippen LogP contribution in [0.15, 0.2) is 24.3 Å². The minimum absolute atomic E-state index is 0.226. The molecule has 0 radical (unpaired) electrons. The van der Waals surface area contributed by atoms with Crippen molar-refractivity contribution in [3.63, 3.8) is 0 Å². The molecular weight excluding hydrogens is 260 g/mol. The van der Waals surface area contributed by atoms with Gasteiger partial charge in [0.15, 0.2) is 0 Å². The van der Waals surface area contributed by atoms with Crippen LogP contribution < -0.4 is 10.6 Å². The number of nitrogens with one attached hydrogen (secondary N) is 2. The molecule has 116 valence electrons. The molecule has 0 atom stereocenters. The minimum Gasteiger partial charge on any atom is -0.355 e. The van der Waals surface area contributed by atoms with Crippen LogP contribution in [-0.4, -0.2) is 26.0 Å². The first-order valence-corrected chi connectivity index (χ1v) is 8.19. The average molecular weight is 288 g/mol. The normalized spacial score (nSPS) is 17.4. The quantitative estimate of drug-likeness (QED) is 0.790. The van der Waals surface area contributed by atoms with Gasteiger partial charge in [-0.2, -0.15) is 0 Å². The number of amides is 1. The fourth-order valence-corrected chi connectivity index (χ4v) is 3.38. The van der Waals surface area contributed by atoms with Gasteiger partial charge in [-0.15, -0.1) is 0 Å². The Bertz CT molecular complexity index is 464. The lowest BCUT2D eigenvalue weighted by molar-refractivity contribution is -0.128. The van der Waals surface area contributed by atoms with Gasteiger partial charge in [-0.05, 0) is 45.3 Å². The predicted molar refractivity (Wildman–Crippen MR) is 87.5 cm³/mol. The molecule has 1 amide bonds. The summed E-state index contributed by atoms with van der Waals surface area (Å²) in [6.07, 6.45) is 6.49. The lowest BCUT2D eigenvalue weighted by atomic mass is 9.68. The number of aryl methyl sites for hydroxylation is 1. The first-order valence-electron chi connectivity index (χ1n) is 8.19. The maximum absolute atomic E-state index is 12.9. The Kier molecular flexibility index (Phi) is 5.80. The Balaban J connectivity index is 2.15. The molecule has 0 spiro atoms. The summed E-state index contributed by atoms with van der Waals surface area (Å²) in [6.45, 7) is 3.80. The first kappa shape index (κ1) is 16.0. The van der Waals surface area contributed by atoms with Gasteiger partial charge >= 0.3 is 0 Å². The summed E-state index contributed by atoms with van der Waals surface area (Å²) in [5.41, 5.74) is 2.14. The third kappa shape index (κ3) is 3.85. The maximum atomic E-state index is 12.9. The Morgan fingerprint density at radius 2 is 1.95 bits per heavy atom. The number of benzene rings is 1. The van der Waals surface area contributed by atoms with Crippen molar-refractivity contribution in [2.24, 2.45) is 0 Å². The van der Waals surface area contributed by atoms with Gasteiger partial charge in [-0.1, -0.05) is 49.1 Å². The molecule has 0 saturated heterocycles. The largest absolute Gasteiger partial charge is 0.355 e. The van der Waals surface area contributed by atoms with E-state index >= 15 is 0 Å². The van der Waals surface area contributed by atoms with E-state index in [1.165, 1.54) is 17.5 Å². The van der Waals surface area contributed by atoms with Crippen molar-refractivity contribution >= 4 is 5.91 Å². The number of rotatable bonds is 6. The van der Waals surface area contributed by atoms with E-state index in [-0.39, 0.29) is 11.3 Å². The second kappa shape index (κ2) is 7.60. The van der Waals surface area contributed by atoms with E-state index in [0.717, 1.165) is 45.2 Å². The number of hydrogen-bond acceptors (Lipinski definition) is 2. The third-order valence-electron chi connectivity index (χ3n) is 4.60. The molecule has 0 unspecified atom stereocenters. The van der Waals surface area contributed by atoms with Crippen LogP contribution in [-0.2, 0) is 10.2 Å². The second-order valence-corrected chi connectivity index (χ2v) is 6.23. The highest BCUT2D eigenvalue weighted by Crippen LogP contribution is 2.40. The van der Waals surface area contributed by atoms with Gasteiger partial charge in [-0.25, -0.2) is 0 Å². The van der Waals surface area contributed by atoms with Crippen molar-refractivity contribution in [1.29, 1.82) is 0 Å². The molecule has 2 rings (SSSR count). The summed E-state index contributed by atoms with van der Waals surface area (Å²) in [5.74, 6) is 0.226. The standard InChI is InChI=1S/C18H28N2O/c1-15-8-6-9-16(14-15)18(10-4-3-5-11-18)17(21)20-13-7-12-19-2/h6,8-9,14,19H,3-5,7,10-13H2,1-2H3,(H,20,21). The molecule has 1 aromatic carbocycles. The van der Waals surface area contributed by atoms with E-state index in [9.17, 15) is 4.79 Å². The van der Waals surface area contributed by atoms with Crippen LogP contribution in [0, 0.1) is 6.92 Å². The van der Waals surface area contributed by atoms with Crippen LogP contribution in [0.1, 0.15) is 49.7 Å². The topological polar surface area (TPSA) is 41.1 Å². The zero-order chi connectivity index (χ0) is 15.1. The first-order chi connectivity index (χ1) is 10.2. The highest BCUT2D eigenvalue weighted by atomic mass is 16.2. The van der Waals surface area contributed by atoms with Gasteiger partial charge in [0.1, 0.15) is 0 Å². The van der Waals surface area contributed by atoms with Gasteiger partial charge in [0.25, 0.3) is 0 Å². The Hall–Kier alpha value is -1.35. The fraction of sp³-hybridized carbons (Fsp3) is 0.611. The summed E-state index contributed by atoms with van der Waals surface area (Å²) in [5, 5.41) is 6.29. The molecule has 0 aliphatic heterocycles. The molecule has 21 heavy (non-hydrogen) atoms. The highest BCUT2D eigenvalue weighted by molar-refractivity contribution is 5.88. The van der Waals surface area contributed by atoms with Gasteiger partial charge in [-0.3, -0.25) is 4.79 Å². The van der Waals surface area contributed by atoms with Crippen LogP contribution >= 0.6 is 0 Å². The minimum atomic E-state index is -0.302. The molecule has 1 aliphatic carbocycles. The van der Waals surface area contributed by atoms with Crippen molar-refractivity contribution in [3.05, 3.63) is 35.4 Å². The van der Waals surface area contributed by atoms with Gasteiger partial charge in [0, 0.05) is 6.54 Å². The fourth-order valence-electron chi connectivity index (χ4n) is 3.38. The summed E-state index contributed by atoms with van der Waals surface area (Å²) >= 11 is 0. The van der Waals surface area contributed by atoms with Gasteiger partial charge in [0.05, 0.1) is 5.41 Å². The van der Waals surface area contributed by atoms with Crippen LogP contribution in [0.5, 0.6) is 0 Å². The molecule has 3 heteroatoms. The van der Waals surface area contributed by atoms with Crippen molar-refractivity contribution in [2.45, 2.75) is 50.9 Å². The van der Waals surface area contributed by atoms with E-state index in [0.29, 0.717) is 0 Å². The molecule has 1 aromatic rings. The summed E-state index contributed by atoms with van der Waals surface area (Å²) in [7, 11) is 1.94. The predicted octanol–water partition coefficient (Wildman–Crippen LogP) is 2.92. The maximum Gasteiger partial charge on any atom is 0.230 e. The summed E-state index contributed by atoms with van der Waals surface area (Å²) in [6, 6.07) is 8.50. The van der Waals surface area contributed by atoms with Crippen LogP contribution in [0.25, 0.3) is 0 Å². The van der Waals surface area contributed by atoms with E-state index in [4.69, 9.17) is 0 Å². The third-order valence-corrected chi connectivity index (χ3v) is 4.60. The molecule has 2 N–H and O–H groups in total. The number of carbonyl (C=O) groups is 1. The molecular formula is C18H28N2O. The molecule has 0 bridgehead atoms. The molecule has 1 fully saturated rings. The van der Waals surface area contributed by atoms with E-state index in [1.807, 2.05) is 7.05 Å². The second-order valence-electron chi connectivity index (χ2n) is 6.23. The van der Waals surface area contributed by atoms with Gasteiger partial charge in [0.2, 0.25) is 5.91 Å². The van der Waals surface area contributed by atoms with Crippen LogP contribution in [0.4, 0.5) is 0 Å².